The highest BCUT2D eigenvalue weighted by atomic mass is 19.3. The highest BCUT2D eigenvalue weighted by Crippen LogP contribution is 2.33. The molecule has 33 heavy (non-hydrogen) atoms. The van der Waals surface area contributed by atoms with Crippen LogP contribution in [0.5, 0.6) is 5.75 Å². The number of nitrogens with one attached hydrogen (secondary N) is 1. The van der Waals surface area contributed by atoms with E-state index in [1.807, 2.05) is 0 Å². The van der Waals surface area contributed by atoms with Gasteiger partial charge in [-0.05, 0) is 23.5 Å². The maximum atomic E-state index is 13.1. The lowest BCUT2D eigenvalue weighted by molar-refractivity contribution is -0.126. The summed E-state index contributed by atoms with van der Waals surface area (Å²) in [5, 5.41) is 2.77. The van der Waals surface area contributed by atoms with E-state index in [-0.39, 0.29) is 60.7 Å². The van der Waals surface area contributed by atoms with Gasteiger partial charge in [0.15, 0.2) is 5.75 Å². The van der Waals surface area contributed by atoms with Gasteiger partial charge in [-0.1, -0.05) is 34.6 Å². The van der Waals surface area contributed by atoms with E-state index in [4.69, 9.17) is 10.5 Å². The predicted molar refractivity (Wildman–Crippen MR) is 124 cm³/mol. The van der Waals surface area contributed by atoms with Crippen LogP contribution >= 0.6 is 0 Å². The van der Waals surface area contributed by atoms with Crippen molar-refractivity contribution in [1.29, 1.82) is 0 Å². The SMILES string of the molecule is CC(C)CN(CC(C)(C)C)[C@H](CN)C(=O)Nc1ccc(N2CCOCC2=O)c(OC(F)F)c1. The smallest absolute Gasteiger partial charge is 0.387 e. The van der Waals surface area contributed by atoms with E-state index < -0.39 is 12.7 Å². The summed E-state index contributed by atoms with van der Waals surface area (Å²) < 4.78 is 35.9. The van der Waals surface area contributed by atoms with Crippen molar-refractivity contribution in [3.8, 4) is 5.75 Å². The minimum absolute atomic E-state index is 0.0484. The molecule has 1 aromatic carbocycles. The second-order valence-corrected chi connectivity index (χ2v) is 9.78. The fraction of sp³-hybridized carbons (Fsp3) is 0.652. The van der Waals surface area contributed by atoms with Crippen molar-refractivity contribution in [3.63, 3.8) is 0 Å². The van der Waals surface area contributed by atoms with Gasteiger partial charge in [0.1, 0.15) is 12.6 Å². The molecule has 1 atom stereocenters. The van der Waals surface area contributed by atoms with E-state index in [2.05, 4.69) is 49.6 Å². The summed E-state index contributed by atoms with van der Waals surface area (Å²) in [6.45, 7) is 9.15. The zero-order chi connectivity index (χ0) is 24.8. The molecule has 1 saturated heterocycles. The van der Waals surface area contributed by atoms with Gasteiger partial charge < -0.3 is 25.4 Å². The summed E-state index contributed by atoms with van der Waals surface area (Å²) in [7, 11) is 0. The third-order valence-electron chi connectivity index (χ3n) is 4.96. The van der Waals surface area contributed by atoms with Gasteiger partial charge in [-0.15, -0.1) is 0 Å². The molecule has 3 N–H and O–H groups in total. The summed E-state index contributed by atoms with van der Waals surface area (Å²) in [5.74, 6) is -0.561. The highest BCUT2D eigenvalue weighted by Gasteiger charge is 2.29. The van der Waals surface area contributed by atoms with Crippen LogP contribution in [0, 0.1) is 11.3 Å². The Morgan fingerprint density at radius 2 is 2.03 bits per heavy atom. The molecular formula is C23H36F2N4O4. The first-order valence-corrected chi connectivity index (χ1v) is 11.1. The molecule has 1 heterocycles. The number of ether oxygens (including phenoxy) is 2. The standard InChI is InChI=1S/C23H36F2N4O4/c1-15(2)12-28(14-23(3,4)5)18(11-26)21(31)27-16-6-7-17(19(10-16)33-22(24)25)29-8-9-32-13-20(29)30/h6-7,10,15,18,22H,8-9,11-14,26H2,1-5H3,(H,27,31)/t18-/m1/s1. The van der Waals surface area contributed by atoms with Crippen molar-refractivity contribution < 1.29 is 27.8 Å². The number of hydrogen-bond acceptors (Lipinski definition) is 6. The average molecular weight is 471 g/mol. The van der Waals surface area contributed by atoms with Crippen LogP contribution in [0.3, 0.4) is 0 Å². The van der Waals surface area contributed by atoms with Gasteiger partial charge in [0, 0.05) is 37.9 Å². The van der Waals surface area contributed by atoms with Crippen molar-refractivity contribution in [2.75, 3.05) is 49.6 Å². The number of halogens is 2. The number of rotatable bonds is 10. The minimum atomic E-state index is -3.09. The van der Waals surface area contributed by atoms with Crippen LogP contribution in [0.1, 0.15) is 34.6 Å². The molecule has 10 heteroatoms. The van der Waals surface area contributed by atoms with Gasteiger partial charge in [0.25, 0.3) is 5.91 Å². The van der Waals surface area contributed by atoms with Crippen molar-refractivity contribution in [1.82, 2.24) is 4.90 Å². The summed E-state index contributed by atoms with van der Waals surface area (Å²) in [4.78, 5) is 28.7. The maximum absolute atomic E-state index is 13.1. The lowest BCUT2D eigenvalue weighted by Gasteiger charge is -2.36. The molecule has 1 aromatic rings. The van der Waals surface area contributed by atoms with Crippen LogP contribution in [0.4, 0.5) is 20.2 Å². The van der Waals surface area contributed by atoms with E-state index in [9.17, 15) is 18.4 Å². The number of amides is 2. The Labute approximate surface area is 194 Å². The maximum Gasteiger partial charge on any atom is 0.387 e. The van der Waals surface area contributed by atoms with Crippen molar-refractivity contribution in [2.45, 2.75) is 47.3 Å². The Hall–Kier alpha value is -2.30. The van der Waals surface area contributed by atoms with E-state index in [1.165, 1.54) is 17.0 Å². The molecule has 0 bridgehead atoms. The van der Waals surface area contributed by atoms with Crippen LogP contribution < -0.4 is 20.7 Å². The molecule has 186 valence electrons. The van der Waals surface area contributed by atoms with E-state index >= 15 is 0 Å². The van der Waals surface area contributed by atoms with Gasteiger partial charge in [0.2, 0.25) is 5.91 Å². The second-order valence-electron chi connectivity index (χ2n) is 9.78. The highest BCUT2D eigenvalue weighted by molar-refractivity contribution is 5.98. The molecule has 0 aromatic heterocycles. The molecule has 8 nitrogen and oxygen atoms in total. The Balaban J connectivity index is 2.27. The number of alkyl halides is 2. The summed E-state index contributed by atoms with van der Waals surface area (Å²) >= 11 is 0. The van der Waals surface area contributed by atoms with Gasteiger partial charge in [-0.25, -0.2) is 0 Å². The average Bonchev–Trinajstić information content (AvgIpc) is 2.67. The zero-order valence-electron chi connectivity index (χ0n) is 20.1. The zero-order valence-corrected chi connectivity index (χ0v) is 20.1. The normalized spacial score (nSPS) is 16.0. The Bertz CT molecular complexity index is 814. The van der Waals surface area contributed by atoms with Gasteiger partial charge in [-0.2, -0.15) is 8.78 Å². The first-order chi connectivity index (χ1) is 15.4. The van der Waals surface area contributed by atoms with Gasteiger partial charge in [-0.3, -0.25) is 14.5 Å². The summed E-state index contributed by atoms with van der Waals surface area (Å²) in [6, 6.07) is 3.74. The van der Waals surface area contributed by atoms with Crippen LogP contribution in [0.25, 0.3) is 0 Å². The molecule has 0 saturated carbocycles. The molecule has 0 unspecified atom stereocenters. The number of nitrogens with zero attached hydrogens (tertiary/aromatic N) is 2. The number of carbonyl (C=O) groups is 2. The first kappa shape index (κ1) is 26.9. The minimum Gasteiger partial charge on any atom is -0.433 e. The Kier molecular flexibility index (Phi) is 9.57. The summed E-state index contributed by atoms with van der Waals surface area (Å²) in [6.07, 6.45) is 0. The first-order valence-electron chi connectivity index (χ1n) is 11.1. The largest absolute Gasteiger partial charge is 0.433 e. The van der Waals surface area contributed by atoms with Crippen LogP contribution in [-0.4, -0.2) is 68.8 Å². The Morgan fingerprint density at radius 3 is 2.58 bits per heavy atom. The predicted octanol–water partition coefficient (Wildman–Crippen LogP) is 2.92. The quantitative estimate of drug-likeness (QED) is 0.546. The van der Waals surface area contributed by atoms with Crippen LogP contribution in [0.15, 0.2) is 18.2 Å². The number of hydrogen-bond donors (Lipinski definition) is 2. The number of anilines is 2. The van der Waals surface area contributed by atoms with Gasteiger partial charge in [0.05, 0.1) is 12.3 Å². The van der Waals surface area contributed by atoms with Crippen molar-refractivity contribution >= 4 is 23.2 Å². The fourth-order valence-corrected chi connectivity index (χ4v) is 3.81. The lowest BCUT2D eigenvalue weighted by Crippen LogP contribution is -2.52. The molecule has 2 amide bonds. The number of benzene rings is 1. The lowest BCUT2D eigenvalue weighted by atomic mass is 9.94. The van der Waals surface area contributed by atoms with E-state index in [0.29, 0.717) is 19.0 Å². The van der Waals surface area contributed by atoms with E-state index in [1.54, 1.807) is 6.07 Å². The summed E-state index contributed by atoms with van der Waals surface area (Å²) in [5.41, 5.74) is 6.40. The van der Waals surface area contributed by atoms with Gasteiger partial charge >= 0.3 is 6.61 Å². The molecule has 1 aliphatic rings. The number of morpholine rings is 1. The molecular weight excluding hydrogens is 434 g/mol. The van der Waals surface area contributed by atoms with Crippen molar-refractivity contribution in [3.05, 3.63) is 18.2 Å². The van der Waals surface area contributed by atoms with Crippen LogP contribution in [-0.2, 0) is 14.3 Å². The second kappa shape index (κ2) is 11.7. The third kappa shape index (κ3) is 8.21. The topological polar surface area (TPSA) is 97.1 Å². The fourth-order valence-electron chi connectivity index (χ4n) is 3.81. The molecule has 1 fully saturated rings. The van der Waals surface area contributed by atoms with E-state index in [0.717, 1.165) is 0 Å². The molecule has 1 aliphatic heterocycles. The number of nitrogens with two attached hydrogens (primary N) is 1. The molecule has 2 rings (SSSR count). The molecule has 0 aliphatic carbocycles. The molecule has 0 radical (unpaired) electrons. The monoisotopic (exact) mass is 470 g/mol. The van der Waals surface area contributed by atoms with Crippen LogP contribution in [0.2, 0.25) is 0 Å². The Morgan fingerprint density at radius 1 is 1.33 bits per heavy atom. The van der Waals surface area contributed by atoms with Crippen molar-refractivity contribution in [2.24, 2.45) is 17.1 Å². The molecule has 0 spiro atoms. The third-order valence-corrected chi connectivity index (χ3v) is 4.96. The number of carbonyl (C=O) groups excluding carboxylic acids is 2.